The molecule has 2 unspecified atom stereocenters. The van der Waals surface area contributed by atoms with Crippen LogP contribution in [0.15, 0.2) is 0 Å². The molecule has 0 fully saturated rings. The summed E-state index contributed by atoms with van der Waals surface area (Å²) in [5.41, 5.74) is 0. The maximum atomic E-state index is 12.1. The fraction of sp³-hybridized carbons (Fsp3) is 0.974. The highest BCUT2D eigenvalue weighted by Gasteiger charge is 2.25. The van der Waals surface area contributed by atoms with Gasteiger partial charge in [0, 0.05) is 13.5 Å². The van der Waals surface area contributed by atoms with E-state index >= 15 is 0 Å². The maximum absolute atomic E-state index is 12.1. The summed E-state index contributed by atoms with van der Waals surface area (Å²) in [6.45, 7) is 4.67. The van der Waals surface area contributed by atoms with Crippen LogP contribution in [0.25, 0.3) is 0 Å². The number of nitrogens with zero attached hydrogens (tertiary/aromatic N) is 1. The van der Waals surface area contributed by atoms with E-state index in [0.717, 1.165) is 12.8 Å². The van der Waals surface area contributed by atoms with E-state index < -0.39 is 19.9 Å². The van der Waals surface area contributed by atoms with Gasteiger partial charge in [-0.3, -0.25) is 13.8 Å². The molecule has 0 aromatic rings. The highest BCUT2D eigenvalue weighted by molar-refractivity contribution is 7.47. The highest BCUT2D eigenvalue weighted by atomic mass is 31.2. The molecule has 8 nitrogen and oxygen atoms in total. The number of carbonyl (C=O) groups is 1. The second kappa shape index (κ2) is 32.7. The number of phosphoric acid groups is 1. The molecule has 0 aliphatic carbocycles. The van der Waals surface area contributed by atoms with E-state index in [2.05, 4.69) is 6.92 Å². The lowest BCUT2D eigenvalue weighted by atomic mass is 10.0. The lowest BCUT2D eigenvalue weighted by molar-refractivity contribution is -0.870. The van der Waals surface area contributed by atoms with Crippen molar-refractivity contribution in [3.8, 4) is 0 Å². The van der Waals surface area contributed by atoms with Crippen LogP contribution in [0.4, 0.5) is 0 Å². The molecule has 47 heavy (non-hydrogen) atoms. The van der Waals surface area contributed by atoms with E-state index in [1.807, 2.05) is 21.1 Å². The van der Waals surface area contributed by atoms with Crippen LogP contribution in [-0.2, 0) is 27.9 Å². The summed E-state index contributed by atoms with van der Waals surface area (Å²) in [5.74, 6) is -0.485. The van der Waals surface area contributed by atoms with Gasteiger partial charge in [0.15, 0.2) is 0 Å². The van der Waals surface area contributed by atoms with Gasteiger partial charge in [-0.05, 0) is 6.42 Å². The van der Waals surface area contributed by atoms with Gasteiger partial charge in [0.1, 0.15) is 19.3 Å². The van der Waals surface area contributed by atoms with E-state index in [1.54, 1.807) is 0 Å². The van der Waals surface area contributed by atoms with Crippen LogP contribution in [0.2, 0.25) is 0 Å². The molecular formula is C38H79NO7P+. The first-order valence-corrected chi connectivity index (χ1v) is 21.2. The monoisotopic (exact) mass is 693 g/mol. The van der Waals surface area contributed by atoms with Crippen molar-refractivity contribution in [1.82, 2.24) is 0 Å². The van der Waals surface area contributed by atoms with E-state index in [0.29, 0.717) is 17.6 Å². The third kappa shape index (κ3) is 38.2. The third-order valence-corrected chi connectivity index (χ3v) is 9.70. The van der Waals surface area contributed by atoms with Gasteiger partial charge in [-0.15, -0.1) is 0 Å². The van der Waals surface area contributed by atoms with Gasteiger partial charge in [0.05, 0.1) is 34.4 Å². The average molecular weight is 693 g/mol. The molecule has 282 valence electrons. The van der Waals surface area contributed by atoms with Crippen LogP contribution < -0.4 is 0 Å². The van der Waals surface area contributed by atoms with Crippen molar-refractivity contribution in [2.24, 2.45) is 0 Å². The Kier molecular flexibility index (Phi) is 32.3. The molecular weight excluding hydrogens is 613 g/mol. The van der Waals surface area contributed by atoms with Gasteiger partial charge in [-0.25, -0.2) is 4.57 Å². The van der Waals surface area contributed by atoms with Crippen molar-refractivity contribution in [1.29, 1.82) is 0 Å². The molecule has 0 spiro atoms. The van der Waals surface area contributed by atoms with Crippen LogP contribution in [0.3, 0.4) is 0 Å². The van der Waals surface area contributed by atoms with Crippen molar-refractivity contribution >= 4 is 13.8 Å². The van der Waals surface area contributed by atoms with Crippen molar-refractivity contribution in [3.05, 3.63) is 0 Å². The van der Waals surface area contributed by atoms with Gasteiger partial charge in [0.25, 0.3) is 0 Å². The number of unbranched alkanes of at least 4 members (excludes halogenated alkanes) is 25. The Hall–Kier alpha value is -0.500. The molecule has 0 radical (unpaired) electrons. The molecule has 0 aliphatic heterocycles. The first kappa shape index (κ1) is 46.5. The van der Waals surface area contributed by atoms with E-state index in [9.17, 15) is 14.3 Å². The number of rotatable bonds is 37. The number of esters is 1. The van der Waals surface area contributed by atoms with E-state index in [1.165, 1.54) is 161 Å². The van der Waals surface area contributed by atoms with Crippen LogP contribution in [0.1, 0.15) is 181 Å². The van der Waals surface area contributed by atoms with Gasteiger partial charge >= 0.3 is 13.8 Å². The Morgan fingerprint density at radius 2 is 0.936 bits per heavy atom. The summed E-state index contributed by atoms with van der Waals surface area (Å²) in [6.07, 6.45) is 35.0. The molecule has 0 bridgehead atoms. The third-order valence-electron chi connectivity index (χ3n) is 8.72. The lowest BCUT2D eigenvalue weighted by Gasteiger charge is -2.24. The summed E-state index contributed by atoms with van der Waals surface area (Å²) >= 11 is 0. The number of hydrogen-bond acceptors (Lipinski definition) is 6. The number of phosphoric ester groups is 1. The lowest BCUT2D eigenvalue weighted by Crippen LogP contribution is -2.37. The summed E-state index contributed by atoms with van der Waals surface area (Å²) in [6, 6.07) is 0. The predicted molar refractivity (Wildman–Crippen MR) is 197 cm³/mol. The molecule has 0 rings (SSSR count). The minimum atomic E-state index is -4.22. The standard InChI is InChI=1S/C38H78NO7P/c1-6-7-8-9-10-11-12-13-14-15-16-17-18-19-20-21-22-23-24-25-26-27-28-29-30-31-33-43-35-38(46-37(2)40)36-45-47(41,42)44-34-32-39(3,4)5/h38H,6-36H2,1-5H3/p+1. The Balaban J connectivity index is 3.48. The molecule has 0 aromatic carbocycles. The Labute approximate surface area is 291 Å². The number of likely N-dealkylation sites (N-methyl/N-ethyl adjacent to an activating group) is 1. The smallest absolute Gasteiger partial charge is 0.458 e. The summed E-state index contributed by atoms with van der Waals surface area (Å²) in [5, 5.41) is 0. The number of ether oxygens (including phenoxy) is 2. The van der Waals surface area contributed by atoms with Crippen LogP contribution >= 0.6 is 7.82 Å². The first-order valence-electron chi connectivity index (χ1n) is 19.7. The minimum absolute atomic E-state index is 0.0889. The van der Waals surface area contributed by atoms with Crippen LogP contribution in [0.5, 0.6) is 0 Å². The molecule has 0 aromatic heterocycles. The zero-order valence-electron chi connectivity index (χ0n) is 31.8. The normalized spacial score (nSPS) is 13.9. The SMILES string of the molecule is CCCCCCCCCCCCCCCCCCCCCCCCCCCCOCC(COP(=O)(O)OCC[N+](C)(C)C)OC(C)=O. The number of carbonyl (C=O) groups excluding carboxylic acids is 1. The predicted octanol–water partition coefficient (Wildman–Crippen LogP) is 10.9. The number of quaternary nitrogens is 1. The minimum Gasteiger partial charge on any atom is -0.458 e. The van der Waals surface area contributed by atoms with Crippen molar-refractivity contribution in [2.45, 2.75) is 187 Å². The summed E-state index contributed by atoms with van der Waals surface area (Å²) in [7, 11) is 1.67. The van der Waals surface area contributed by atoms with Gasteiger partial charge in [0.2, 0.25) is 0 Å². The topological polar surface area (TPSA) is 91.3 Å². The average Bonchev–Trinajstić information content (AvgIpc) is 3.00. The maximum Gasteiger partial charge on any atom is 0.472 e. The van der Waals surface area contributed by atoms with Gasteiger partial charge in [-0.1, -0.05) is 167 Å². The fourth-order valence-corrected chi connectivity index (χ4v) is 6.47. The molecule has 9 heteroatoms. The van der Waals surface area contributed by atoms with Gasteiger partial charge in [-0.2, -0.15) is 0 Å². The van der Waals surface area contributed by atoms with Crippen molar-refractivity contribution < 1.29 is 37.3 Å². The van der Waals surface area contributed by atoms with Gasteiger partial charge < -0.3 is 18.9 Å². The highest BCUT2D eigenvalue weighted by Crippen LogP contribution is 2.43. The first-order chi connectivity index (χ1) is 22.6. The summed E-state index contributed by atoms with van der Waals surface area (Å²) in [4.78, 5) is 21.3. The second-order valence-corrected chi connectivity index (χ2v) is 16.2. The molecule has 2 atom stereocenters. The van der Waals surface area contributed by atoms with Crippen molar-refractivity contribution in [2.75, 3.05) is 54.1 Å². The molecule has 0 amide bonds. The van der Waals surface area contributed by atoms with E-state index in [-0.39, 0.29) is 19.8 Å². The molecule has 0 aliphatic rings. The van der Waals surface area contributed by atoms with Crippen LogP contribution in [0, 0.1) is 0 Å². The molecule has 1 N–H and O–H groups in total. The fourth-order valence-electron chi connectivity index (χ4n) is 5.73. The van der Waals surface area contributed by atoms with E-state index in [4.69, 9.17) is 18.5 Å². The second-order valence-electron chi connectivity index (χ2n) is 14.8. The molecule has 0 saturated heterocycles. The zero-order valence-corrected chi connectivity index (χ0v) is 32.7. The summed E-state index contributed by atoms with van der Waals surface area (Å²) < 4.78 is 33.6. The van der Waals surface area contributed by atoms with Crippen LogP contribution in [-0.4, -0.2) is 75.6 Å². The Bertz CT molecular complexity index is 731. The quantitative estimate of drug-likeness (QED) is 0.0300. The molecule has 0 saturated carbocycles. The zero-order chi connectivity index (χ0) is 34.9. The number of hydrogen-bond donors (Lipinski definition) is 1. The Morgan fingerprint density at radius 3 is 1.28 bits per heavy atom. The largest absolute Gasteiger partial charge is 0.472 e. The Morgan fingerprint density at radius 1 is 0.574 bits per heavy atom. The molecule has 0 heterocycles. The van der Waals surface area contributed by atoms with Crippen molar-refractivity contribution in [3.63, 3.8) is 0 Å².